The summed E-state index contributed by atoms with van der Waals surface area (Å²) < 4.78 is 5.95. The number of nitrogens with zero attached hydrogens (tertiary/aromatic N) is 2. The minimum atomic E-state index is -0.142. The number of aryl methyl sites for hydroxylation is 1. The Morgan fingerprint density at radius 1 is 0.919 bits per heavy atom. The van der Waals surface area contributed by atoms with E-state index in [0.29, 0.717) is 5.56 Å². The largest absolute Gasteiger partial charge is 0.456 e. The zero-order valence-corrected chi connectivity index (χ0v) is 21.2. The van der Waals surface area contributed by atoms with Crippen molar-refractivity contribution in [3.63, 3.8) is 0 Å². The van der Waals surface area contributed by atoms with E-state index < -0.39 is 0 Å². The van der Waals surface area contributed by atoms with Gasteiger partial charge in [-0.1, -0.05) is 43.2 Å². The number of carbonyl (C=O) groups is 1. The number of fused-ring (bicyclic) bond motifs is 2. The van der Waals surface area contributed by atoms with E-state index in [4.69, 9.17) is 9.40 Å². The number of nitrogens with one attached hydrogen (secondary N) is 1. The molecule has 5 nitrogen and oxygen atoms in total. The molecule has 1 aliphatic rings. The van der Waals surface area contributed by atoms with Crippen LogP contribution >= 0.6 is 0 Å². The lowest BCUT2D eigenvalue weighted by Gasteiger charge is -2.19. The third kappa shape index (κ3) is 5.13. The highest BCUT2D eigenvalue weighted by Crippen LogP contribution is 2.28. The number of hydrogen-bond donors (Lipinski definition) is 1. The van der Waals surface area contributed by atoms with Gasteiger partial charge in [-0.15, -0.1) is 0 Å². The van der Waals surface area contributed by atoms with E-state index >= 15 is 0 Å². The summed E-state index contributed by atoms with van der Waals surface area (Å²) in [5, 5.41) is 5.25. The van der Waals surface area contributed by atoms with Crippen LogP contribution in [0, 0.1) is 6.92 Å². The van der Waals surface area contributed by atoms with Gasteiger partial charge in [-0.25, -0.2) is 0 Å². The number of para-hydroxylation sites is 1. The Labute approximate surface area is 217 Å². The molecule has 3 heterocycles. The number of furan rings is 1. The van der Waals surface area contributed by atoms with Gasteiger partial charge < -0.3 is 9.73 Å². The van der Waals surface area contributed by atoms with Gasteiger partial charge in [0.15, 0.2) is 0 Å². The first-order valence-corrected chi connectivity index (χ1v) is 13.1. The van der Waals surface area contributed by atoms with Crippen molar-refractivity contribution < 1.29 is 9.21 Å². The summed E-state index contributed by atoms with van der Waals surface area (Å²) in [6, 6.07) is 23.8. The molecule has 5 aromatic rings. The zero-order chi connectivity index (χ0) is 25.2. The van der Waals surface area contributed by atoms with Crippen molar-refractivity contribution in [3.05, 3.63) is 95.7 Å². The van der Waals surface area contributed by atoms with Gasteiger partial charge in [0.2, 0.25) is 0 Å². The normalized spacial score (nSPS) is 14.6. The minimum absolute atomic E-state index is 0.142. The summed E-state index contributed by atoms with van der Waals surface area (Å²) in [6.07, 6.45) is 7.22. The molecule has 0 bridgehead atoms. The molecule has 5 heteroatoms. The number of aromatic nitrogens is 1. The number of benzene rings is 3. The Morgan fingerprint density at radius 2 is 1.70 bits per heavy atom. The van der Waals surface area contributed by atoms with Gasteiger partial charge in [0.1, 0.15) is 11.3 Å². The Hall–Kier alpha value is -3.96. The summed E-state index contributed by atoms with van der Waals surface area (Å²) in [7, 11) is 0. The molecule has 0 spiro atoms. The second-order valence-corrected chi connectivity index (χ2v) is 10.1. The molecule has 3 aromatic carbocycles. The summed E-state index contributed by atoms with van der Waals surface area (Å²) in [6.45, 7) is 5.31. The van der Waals surface area contributed by atoms with E-state index in [9.17, 15) is 4.79 Å². The monoisotopic (exact) mass is 489 g/mol. The van der Waals surface area contributed by atoms with E-state index in [2.05, 4.69) is 22.3 Å². The number of anilines is 1. The second-order valence-electron chi connectivity index (χ2n) is 10.1. The van der Waals surface area contributed by atoms with Gasteiger partial charge >= 0.3 is 0 Å². The standard InChI is InChI=1S/C32H31N3O2/c1-22-16-27-17-23(21-35-14-6-2-3-7-15-35)20-33-29(27)19-28(22)34-32(36)25-12-10-24(11-13-25)31-18-26-8-4-5-9-30(26)37-31/h4-5,8-13,16-20H,2-3,6-7,14-15,21H2,1H3,(H,34,36). The van der Waals surface area contributed by atoms with Gasteiger partial charge in [-0.3, -0.25) is 14.7 Å². The molecule has 1 N–H and O–H groups in total. The molecule has 0 radical (unpaired) electrons. The Kier molecular flexibility index (Phi) is 6.46. The van der Waals surface area contributed by atoms with Crippen molar-refractivity contribution in [1.82, 2.24) is 9.88 Å². The second kappa shape index (κ2) is 10.2. The van der Waals surface area contributed by atoms with Crippen molar-refractivity contribution >= 4 is 33.5 Å². The number of rotatable bonds is 5. The summed E-state index contributed by atoms with van der Waals surface area (Å²) in [5.41, 5.74) is 6.33. The predicted octanol–water partition coefficient (Wildman–Crippen LogP) is 7.58. The molecule has 2 aromatic heterocycles. The van der Waals surface area contributed by atoms with Gasteiger partial charge in [0, 0.05) is 40.3 Å². The first-order chi connectivity index (χ1) is 18.1. The van der Waals surface area contributed by atoms with Crippen LogP contribution in [-0.2, 0) is 6.54 Å². The van der Waals surface area contributed by atoms with Gasteiger partial charge in [-0.05, 0) is 86.4 Å². The molecule has 0 aliphatic carbocycles. The third-order valence-corrected chi connectivity index (χ3v) is 7.29. The maximum atomic E-state index is 13.0. The first-order valence-electron chi connectivity index (χ1n) is 13.1. The summed E-state index contributed by atoms with van der Waals surface area (Å²) in [5.74, 6) is 0.649. The fourth-order valence-electron chi connectivity index (χ4n) is 5.21. The Balaban J connectivity index is 1.17. The van der Waals surface area contributed by atoms with Crippen LogP contribution in [0.4, 0.5) is 5.69 Å². The van der Waals surface area contributed by atoms with Crippen molar-refractivity contribution in [2.24, 2.45) is 0 Å². The minimum Gasteiger partial charge on any atom is -0.456 e. The van der Waals surface area contributed by atoms with Crippen LogP contribution in [0.3, 0.4) is 0 Å². The van der Waals surface area contributed by atoms with Crippen LogP contribution in [0.5, 0.6) is 0 Å². The molecule has 0 unspecified atom stereocenters. The number of carbonyl (C=O) groups excluding carboxylic acids is 1. The van der Waals surface area contributed by atoms with Crippen molar-refractivity contribution in [3.8, 4) is 11.3 Å². The van der Waals surface area contributed by atoms with Crippen molar-refractivity contribution in [1.29, 1.82) is 0 Å². The number of hydrogen-bond acceptors (Lipinski definition) is 4. The van der Waals surface area contributed by atoms with E-state index in [1.807, 2.05) is 73.8 Å². The van der Waals surface area contributed by atoms with Crippen LogP contribution in [0.25, 0.3) is 33.2 Å². The van der Waals surface area contributed by atoms with Crippen molar-refractivity contribution in [2.75, 3.05) is 18.4 Å². The zero-order valence-electron chi connectivity index (χ0n) is 21.2. The molecule has 0 atom stereocenters. The molecule has 186 valence electrons. The molecular formula is C32H31N3O2. The lowest BCUT2D eigenvalue weighted by Crippen LogP contribution is -2.24. The smallest absolute Gasteiger partial charge is 0.255 e. The highest BCUT2D eigenvalue weighted by molar-refractivity contribution is 6.05. The average molecular weight is 490 g/mol. The van der Waals surface area contributed by atoms with E-state index in [1.54, 1.807) is 0 Å². The lowest BCUT2D eigenvalue weighted by atomic mass is 10.1. The Morgan fingerprint density at radius 3 is 2.49 bits per heavy atom. The van der Waals surface area contributed by atoms with Crippen LogP contribution < -0.4 is 5.32 Å². The van der Waals surface area contributed by atoms with E-state index in [0.717, 1.165) is 51.0 Å². The quantitative estimate of drug-likeness (QED) is 0.276. The highest BCUT2D eigenvalue weighted by atomic mass is 16.3. The highest BCUT2D eigenvalue weighted by Gasteiger charge is 2.13. The molecular weight excluding hydrogens is 458 g/mol. The molecule has 1 saturated heterocycles. The van der Waals surface area contributed by atoms with Crippen LogP contribution in [-0.4, -0.2) is 28.9 Å². The van der Waals surface area contributed by atoms with Crippen LogP contribution in [0.2, 0.25) is 0 Å². The molecule has 1 amide bonds. The van der Waals surface area contributed by atoms with Crippen LogP contribution in [0.1, 0.15) is 47.2 Å². The lowest BCUT2D eigenvalue weighted by molar-refractivity contribution is 0.102. The van der Waals surface area contributed by atoms with E-state index in [-0.39, 0.29) is 5.91 Å². The fraction of sp³-hybridized carbons (Fsp3) is 0.250. The topological polar surface area (TPSA) is 58.4 Å². The Bertz CT molecular complexity index is 1530. The van der Waals surface area contributed by atoms with Crippen LogP contribution in [0.15, 0.2) is 83.4 Å². The molecule has 1 aliphatic heterocycles. The van der Waals surface area contributed by atoms with Gasteiger partial charge in [0.05, 0.1) is 5.52 Å². The third-order valence-electron chi connectivity index (χ3n) is 7.29. The molecule has 0 saturated carbocycles. The first kappa shape index (κ1) is 23.4. The number of pyridine rings is 1. The number of likely N-dealkylation sites (tertiary alicyclic amines) is 1. The number of amides is 1. The van der Waals surface area contributed by atoms with Gasteiger partial charge in [0.25, 0.3) is 5.91 Å². The predicted molar refractivity (Wildman–Crippen MR) is 150 cm³/mol. The average Bonchev–Trinajstić information content (AvgIpc) is 3.19. The maximum absolute atomic E-state index is 13.0. The summed E-state index contributed by atoms with van der Waals surface area (Å²) in [4.78, 5) is 20.3. The summed E-state index contributed by atoms with van der Waals surface area (Å²) >= 11 is 0. The van der Waals surface area contributed by atoms with Crippen molar-refractivity contribution in [2.45, 2.75) is 39.2 Å². The fourth-order valence-corrected chi connectivity index (χ4v) is 5.21. The maximum Gasteiger partial charge on any atom is 0.255 e. The van der Waals surface area contributed by atoms with Gasteiger partial charge in [-0.2, -0.15) is 0 Å². The SMILES string of the molecule is Cc1cc2cc(CN3CCCCCC3)cnc2cc1NC(=O)c1ccc(-c2cc3ccccc3o2)cc1. The molecule has 6 rings (SSSR count). The molecule has 37 heavy (non-hydrogen) atoms. The van der Waals surface area contributed by atoms with E-state index in [1.165, 1.54) is 44.3 Å². The molecule has 1 fully saturated rings.